The Morgan fingerprint density at radius 2 is 2.05 bits per heavy atom. The smallest absolute Gasteiger partial charge is 0.171 e. The summed E-state index contributed by atoms with van der Waals surface area (Å²) in [5, 5.41) is 14.5. The fraction of sp³-hybridized carbons (Fsp3) is 0.286. The zero-order valence-electron chi connectivity index (χ0n) is 11.3. The zero-order chi connectivity index (χ0) is 15.0. The largest absolute Gasteiger partial charge is 0.382 e. The SMILES string of the molecule is N#Cc1c(N2CCC(N)C2)nn(-c2ccc(Cl)cc2)c1N. The van der Waals surface area contributed by atoms with Crippen LogP contribution in [-0.2, 0) is 0 Å². The molecule has 7 heteroatoms. The van der Waals surface area contributed by atoms with Crippen LogP contribution in [0.15, 0.2) is 24.3 Å². The minimum Gasteiger partial charge on any atom is -0.382 e. The fourth-order valence-corrected chi connectivity index (χ4v) is 2.63. The lowest BCUT2D eigenvalue weighted by atomic mass is 10.3. The number of hydrogen-bond acceptors (Lipinski definition) is 5. The predicted molar refractivity (Wildman–Crippen MR) is 82.5 cm³/mol. The molecule has 108 valence electrons. The fourth-order valence-electron chi connectivity index (χ4n) is 2.51. The Morgan fingerprint density at radius 3 is 2.62 bits per heavy atom. The second-order valence-electron chi connectivity index (χ2n) is 5.08. The van der Waals surface area contributed by atoms with E-state index >= 15 is 0 Å². The molecule has 0 bridgehead atoms. The van der Waals surface area contributed by atoms with Gasteiger partial charge in [-0.25, -0.2) is 4.68 Å². The van der Waals surface area contributed by atoms with Gasteiger partial charge in [-0.3, -0.25) is 0 Å². The van der Waals surface area contributed by atoms with Crippen molar-refractivity contribution in [2.45, 2.75) is 12.5 Å². The molecule has 1 aliphatic heterocycles. The van der Waals surface area contributed by atoms with Crippen molar-refractivity contribution >= 4 is 23.2 Å². The van der Waals surface area contributed by atoms with Crippen molar-refractivity contribution in [2.24, 2.45) is 5.73 Å². The molecule has 1 atom stereocenters. The average molecular weight is 303 g/mol. The van der Waals surface area contributed by atoms with Crippen LogP contribution in [0.4, 0.5) is 11.6 Å². The molecule has 0 amide bonds. The summed E-state index contributed by atoms with van der Waals surface area (Å²) in [5.41, 5.74) is 13.2. The maximum absolute atomic E-state index is 9.37. The summed E-state index contributed by atoms with van der Waals surface area (Å²) in [6.45, 7) is 1.47. The normalized spacial score (nSPS) is 18.0. The number of rotatable bonds is 2. The molecule has 1 unspecified atom stereocenters. The van der Waals surface area contributed by atoms with Crippen molar-refractivity contribution in [3.05, 3.63) is 34.9 Å². The first-order valence-electron chi connectivity index (χ1n) is 6.65. The third kappa shape index (κ3) is 2.42. The van der Waals surface area contributed by atoms with Crippen molar-refractivity contribution in [3.8, 4) is 11.8 Å². The number of nitrogen functional groups attached to an aromatic ring is 1. The highest BCUT2D eigenvalue weighted by atomic mass is 35.5. The van der Waals surface area contributed by atoms with Crippen molar-refractivity contribution < 1.29 is 0 Å². The lowest BCUT2D eigenvalue weighted by Gasteiger charge is -2.14. The molecular formula is C14H15ClN6. The molecule has 1 aliphatic rings. The van der Waals surface area contributed by atoms with Gasteiger partial charge in [-0.05, 0) is 30.7 Å². The second-order valence-corrected chi connectivity index (χ2v) is 5.52. The molecule has 1 aromatic heterocycles. The minimum absolute atomic E-state index is 0.110. The Morgan fingerprint density at radius 1 is 1.33 bits per heavy atom. The number of aromatic nitrogens is 2. The van der Waals surface area contributed by atoms with Crippen LogP contribution in [0.2, 0.25) is 5.02 Å². The molecule has 21 heavy (non-hydrogen) atoms. The third-order valence-electron chi connectivity index (χ3n) is 3.61. The molecule has 0 radical (unpaired) electrons. The quantitative estimate of drug-likeness (QED) is 0.876. The summed E-state index contributed by atoms with van der Waals surface area (Å²) >= 11 is 5.89. The van der Waals surface area contributed by atoms with Crippen molar-refractivity contribution in [1.82, 2.24) is 9.78 Å². The van der Waals surface area contributed by atoms with Gasteiger partial charge in [0.25, 0.3) is 0 Å². The maximum atomic E-state index is 9.37. The van der Waals surface area contributed by atoms with Crippen LogP contribution < -0.4 is 16.4 Å². The summed E-state index contributed by atoms with van der Waals surface area (Å²) in [6, 6.07) is 9.39. The summed E-state index contributed by atoms with van der Waals surface area (Å²) in [5.74, 6) is 0.924. The number of nitriles is 1. The molecule has 0 aliphatic carbocycles. The molecule has 1 aromatic carbocycles. The lowest BCUT2D eigenvalue weighted by Crippen LogP contribution is -2.27. The average Bonchev–Trinajstić information content (AvgIpc) is 3.03. The molecule has 3 rings (SSSR count). The van der Waals surface area contributed by atoms with E-state index in [1.54, 1.807) is 16.8 Å². The summed E-state index contributed by atoms with van der Waals surface area (Å²) in [7, 11) is 0. The van der Waals surface area contributed by atoms with E-state index in [9.17, 15) is 5.26 Å². The Balaban J connectivity index is 2.05. The van der Waals surface area contributed by atoms with Crippen LogP contribution >= 0.6 is 11.6 Å². The molecule has 1 fully saturated rings. The second kappa shape index (κ2) is 5.28. The van der Waals surface area contributed by atoms with Gasteiger partial charge in [-0.2, -0.15) is 5.26 Å². The zero-order valence-corrected chi connectivity index (χ0v) is 12.1. The molecule has 1 saturated heterocycles. The molecule has 2 aromatic rings. The van der Waals surface area contributed by atoms with Crippen LogP contribution in [0, 0.1) is 11.3 Å². The van der Waals surface area contributed by atoms with Gasteiger partial charge in [0.2, 0.25) is 0 Å². The molecule has 0 saturated carbocycles. The molecule has 0 spiro atoms. The van der Waals surface area contributed by atoms with E-state index in [1.807, 2.05) is 17.0 Å². The van der Waals surface area contributed by atoms with Gasteiger partial charge in [-0.1, -0.05) is 11.6 Å². The van der Waals surface area contributed by atoms with Crippen LogP contribution in [0.25, 0.3) is 5.69 Å². The number of anilines is 2. The highest BCUT2D eigenvalue weighted by Crippen LogP contribution is 2.29. The lowest BCUT2D eigenvalue weighted by molar-refractivity contribution is 0.750. The number of benzene rings is 1. The Labute approximate surface area is 127 Å². The highest BCUT2D eigenvalue weighted by Gasteiger charge is 2.26. The molecule has 2 heterocycles. The van der Waals surface area contributed by atoms with Gasteiger partial charge in [0.1, 0.15) is 17.5 Å². The number of nitrogens with zero attached hydrogens (tertiary/aromatic N) is 4. The number of halogens is 1. The Kier molecular flexibility index (Phi) is 3.45. The van der Waals surface area contributed by atoms with E-state index in [-0.39, 0.29) is 6.04 Å². The number of hydrogen-bond donors (Lipinski definition) is 2. The minimum atomic E-state index is 0.110. The van der Waals surface area contributed by atoms with Crippen LogP contribution in [0.5, 0.6) is 0 Å². The first kappa shape index (κ1) is 13.7. The van der Waals surface area contributed by atoms with Gasteiger partial charge in [0.05, 0.1) is 5.69 Å². The summed E-state index contributed by atoms with van der Waals surface area (Å²) < 4.78 is 1.56. The monoisotopic (exact) mass is 302 g/mol. The maximum Gasteiger partial charge on any atom is 0.171 e. The molecule has 4 N–H and O–H groups in total. The summed E-state index contributed by atoms with van der Waals surface area (Å²) in [6.07, 6.45) is 0.887. The van der Waals surface area contributed by atoms with Crippen LogP contribution in [0.3, 0.4) is 0 Å². The van der Waals surface area contributed by atoms with Crippen LogP contribution in [-0.4, -0.2) is 28.9 Å². The van der Waals surface area contributed by atoms with E-state index in [4.69, 9.17) is 23.1 Å². The topological polar surface area (TPSA) is 96.9 Å². The van der Waals surface area contributed by atoms with Gasteiger partial charge in [0.15, 0.2) is 5.82 Å². The van der Waals surface area contributed by atoms with Gasteiger partial charge in [0, 0.05) is 24.2 Å². The third-order valence-corrected chi connectivity index (χ3v) is 3.86. The predicted octanol–water partition coefficient (Wildman–Crippen LogP) is 1.52. The molecular weight excluding hydrogens is 288 g/mol. The van der Waals surface area contributed by atoms with E-state index < -0.39 is 0 Å². The van der Waals surface area contributed by atoms with Crippen molar-refractivity contribution in [2.75, 3.05) is 23.7 Å². The van der Waals surface area contributed by atoms with Crippen LogP contribution in [0.1, 0.15) is 12.0 Å². The molecule has 6 nitrogen and oxygen atoms in total. The van der Waals surface area contributed by atoms with Gasteiger partial charge >= 0.3 is 0 Å². The van der Waals surface area contributed by atoms with E-state index in [2.05, 4.69) is 11.2 Å². The standard InChI is InChI=1S/C14H15ClN6/c15-9-1-3-11(4-2-9)21-13(18)12(7-16)14(19-21)20-6-5-10(17)8-20/h1-4,10H,5-6,8,17-18H2. The van der Waals surface area contributed by atoms with Gasteiger partial charge in [-0.15, -0.1) is 5.10 Å². The Hall–Kier alpha value is -2.23. The Bertz CT molecular complexity index is 699. The first-order valence-corrected chi connectivity index (χ1v) is 7.03. The summed E-state index contributed by atoms with van der Waals surface area (Å²) in [4.78, 5) is 2.01. The van der Waals surface area contributed by atoms with Crippen molar-refractivity contribution in [1.29, 1.82) is 5.26 Å². The highest BCUT2D eigenvalue weighted by molar-refractivity contribution is 6.30. The number of nitrogens with two attached hydrogens (primary N) is 2. The van der Waals surface area contributed by atoms with E-state index in [0.29, 0.717) is 28.8 Å². The van der Waals surface area contributed by atoms with Crippen molar-refractivity contribution in [3.63, 3.8) is 0 Å². The van der Waals surface area contributed by atoms with Gasteiger partial charge < -0.3 is 16.4 Å². The van der Waals surface area contributed by atoms with E-state index in [1.165, 1.54) is 0 Å². The van der Waals surface area contributed by atoms with E-state index in [0.717, 1.165) is 18.7 Å². The first-order chi connectivity index (χ1) is 10.1.